The van der Waals surface area contributed by atoms with Crippen molar-refractivity contribution < 1.29 is 18.9 Å². The fourth-order valence-corrected chi connectivity index (χ4v) is 1.72. The maximum Gasteiger partial charge on any atom is 1.00 e. The van der Waals surface area contributed by atoms with Gasteiger partial charge in [0, 0.05) is 0 Å². The van der Waals surface area contributed by atoms with E-state index >= 15 is 0 Å². The molecule has 1 aliphatic heterocycles. The van der Waals surface area contributed by atoms with E-state index in [2.05, 4.69) is 60.7 Å². The summed E-state index contributed by atoms with van der Waals surface area (Å²) in [6.07, 6.45) is 6.51. The van der Waals surface area contributed by atoms with E-state index in [1.807, 2.05) is 0 Å². The summed E-state index contributed by atoms with van der Waals surface area (Å²) < 4.78 is 0. The summed E-state index contributed by atoms with van der Waals surface area (Å²) in [6, 6.07) is 10.6. The van der Waals surface area contributed by atoms with Gasteiger partial charge in [-0.3, -0.25) is 0 Å². The molecule has 1 aromatic carbocycles. The Bertz CT molecular complexity index is 299. The second-order valence-corrected chi connectivity index (χ2v) is 3.22. The van der Waals surface area contributed by atoms with Gasteiger partial charge < -0.3 is 4.81 Å². The molecule has 0 aliphatic carbocycles. The Balaban J connectivity index is 0.000000980. The molecule has 0 amide bonds. The van der Waals surface area contributed by atoms with E-state index in [9.17, 15) is 0 Å². The monoisotopic (exact) mass is 177 g/mol. The van der Waals surface area contributed by atoms with Crippen LogP contribution in [0.5, 0.6) is 0 Å². The number of allylic oxidation sites excluding steroid dienone is 1. The quantitative estimate of drug-likeness (QED) is 0.391. The molecule has 1 heterocycles. The zero-order valence-corrected chi connectivity index (χ0v) is 8.85. The molecule has 1 aliphatic rings. The summed E-state index contributed by atoms with van der Waals surface area (Å²) in [6.45, 7) is 3.69. The van der Waals surface area contributed by atoms with Gasteiger partial charge in [0.2, 0.25) is 0 Å². The van der Waals surface area contributed by atoms with Gasteiger partial charge in [-0.1, -0.05) is 42.7 Å². The Hall–Kier alpha value is -0.708. The van der Waals surface area contributed by atoms with Crippen LogP contribution in [0.1, 0.15) is 6.92 Å². The number of hydrogen-bond acceptors (Lipinski definition) is 1. The average Bonchev–Trinajstić information content (AvgIpc) is 2.67. The molecule has 2 rings (SSSR count). The second kappa shape index (κ2) is 5.24. The van der Waals surface area contributed by atoms with E-state index in [-0.39, 0.29) is 18.9 Å². The summed E-state index contributed by atoms with van der Waals surface area (Å²) in [5.74, 6) is 0. The molecule has 0 radical (unpaired) electrons. The minimum absolute atomic E-state index is 0. The molecule has 14 heavy (non-hydrogen) atoms. The van der Waals surface area contributed by atoms with E-state index < -0.39 is 0 Å². The van der Waals surface area contributed by atoms with Crippen molar-refractivity contribution in [1.29, 1.82) is 0 Å². The number of rotatable bonds is 2. The summed E-state index contributed by atoms with van der Waals surface area (Å²) in [4.78, 5) is 2.33. The van der Waals surface area contributed by atoms with Gasteiger partial charge in [-0.15, -0.1) is 0 Å². The van der Waals surface area contributed by atoms with Gasteiger partial charge in [0.25, 0.3) is 0 Å². The maximum absolute atomic E-state index is 2.33. The fourth-order valence-electron chi connectivity index (χ4n) is 1.72. The van der Waals surface area contributed by atoms with Crippen molar-refractivity contribution >= 4 is 12.3 Å². The molecule has 0 aromatic heterocycles. The zero-order valence-electron chi connectivity index (χ0n) is 8.85. The normalized spacial score (nSPS) is 13.8. The van der Waals surface area contributed by atoms with Gasteiger partial charge in [-0.25, -0.2) is 12.4 Å². The molecule has 1 aromatic rings. The number of benzene rings is 1. The second-order valence-electron chi connectivity index (χ2n) is 3.22. The van der Waals surface area contributed by atoms with Crippen LogP contribution < -0.4 is 24.3 Å². The first-order chi connectivity index (χ1) is 6.42. The van der Waals surface area contributed by atoms with Crippen molar-refractivity contribution in [3.05, 3.63) is 48.9 Å². The molecule has 1 nitrogen and oxygen atoms in total. The van der Waals surface area contributed by atoms with Crippen molar-refractivity contribution in [2.45, 2.75) is 6.92 Å². The van der Waals surface area contributed by atoms with Crippen molar-refractivity contribution in [3.63, 3.8) is 0 Å². The minimum Gasteiger partial charge on any atom is -0.508 e. The third kappa shape index (κ3) is 2.20. The van der Waals surface area contributed by atoms with Crippen molar-refractivity contribution in [2.75, 3.05) is 6.54 Å². The van der Waals surface area contributed by atoms with Gasteiger partial charge in [-0.05, 0) is 6.54 Å². The van der Waals surface area contributed by atoms with E-state index in [0.29, 0.717) is 6.85 Å². The van der Waals surface area contributed by atoms with Crippen LogP contribution >= 0.6 is 0 Å². The van der Waals surface area contributed by atoms with Crippen LogP contribution in [0.25, 0.3) is 0 Å². The molecule has 0 atom stereocenters. The molecular formula is C11H13BLiN. The molecule has 0 spiro atoms. The third-order valence-corrected chi connectivity index (χ3v) is 2.43. The average molecular weight is 177 g/mol. The summed E-state index contributed by atoms with van der Waals surface area (Å²) >= 11 is 0. The van der Waals surface area contributed by atoms with Crippen LogP contribution in [0, 0.1) is 6.32 Å². The van der Waals surface area contributed by atoms with Crippen LogP contribution in [0.4, 0.5) is 0 Å². The molecule has 0 fully saturated rings. The first-order valence-corrected chi connectivity index (χ1v) is 4.74. The van der Waals surface area contributed by atoms with E-state index in [1.165, 1.54) is 5.46 Å². The first-order valence-electron chi connectivity index (χ1n) is 4.74. The smallest absolute Gasteiger partial charge is 0.508 e. The van der Waals surface area contributed by atoms with Crippen LogP contribution in [-0.4, -0.2) is 18.2 Å². The molecule has 0 saturated carbocycles. The standard InChI is InChI=1S/C11H13BN.Li/c1-2-13-10-6-9-12(13)11-7-4-3-5-8-11;/h3-10H,2H2,1H3;/q-1;+1. The third-order valence-electron chi connectivity index (χ3n) is 2.43. The summed E-state index contributed by atoms with van der Waals surface area (Å²) in [5.41, 5.74) is 1.37. The van der Waals surface area contributed by atoms with Gasteiger partial charge in [0.05, 0.1) is 0 Å². The zero-order chi connectivity index (χ0) is 9.10. The molecular weight excluding hydrogens is 164 g/mol. The van der Waals surface area contributed by atoms with Gasteiger partial charge in [0.1, 0.15) is 0 Å². The van der Waals surface area contributed by atoms with Crippen LogP contribution in [0.2, 0.25) is 0 Å². The number of nitrogens with zero attached hydrogens (tertiary/aromatic N) is 1. The molecule has 66 valence electrons. The molecule has 0 bridgehead atoms. The molecule has 0 saturated heterocycles. The van der Waals surface area contributed by atoms with Gasteiger partial charge in [-0.2, -0.15) is 6.20 Å². The van der Waals surface area contributed by atoms with E-state index in [0.717, 1.165) is 6.54 Å². The van der Waals surface area contributed by atoms with Gasteiger partial charge >= 0.3 is 18.9 Å². The maximum atomic E-state index is 2.33. The Labute approximate surface area is 98.5 Å². The van der Waals surface area contributed by atoms with Crippen molar-refractivity contribution in [1.82, 2.24) is 4.81 Å². The Kier molecular flexibility index (Phi) is 4.26. The Morgan fingerprint density at radius 2 is 2.00 bits per heavy atom. The largest absolute Gasteiger partial charge is 1.00 e. The fraction of sp³-hybridized carbons (Fsp3) is 0.182. The van der Waals surface area contributed by atoms with Crippen LogP contribution in [0.3, 0.4) is 0 Å². The van der Waals surface area contributed by atoms with Gasteiger partial charge in [0.15, 0.2) is 6.85 Å². The van der Waals surface area contributed by atoms with E-state index in [4.69, 9.17) is 0 Å². The predicted molar refractivity (Wildman–Crippen MR) is 57.7 cm³/mol. The van der Waals surface area contributed by atoms with Crippen molar-refractivity contribution in [2.24, 2.45) is 0 Å². The Morgan fingerprint density at radius 3 is 2.64 bits per heavy atom. The summed E-state index contributed by atoms with van der Waals surface area (Å²) in [5, 5.41) is 0. The molecule has 0 unspecified atom stereocenters. The van der Waals surface area contributed by atoms with Crippen molar-refractivity contribution in [3.8, 4) is 0 Å². The van der Waals surface area contributed by atoms with Crippen LogP contribution in [-0.2, 0) is 0 Å². The Morgan fingerprint density at radius 1 is 1.29 bits per heavy atom. The molecule has 3 heteroatoms. The predicted octanol–water partition coefficient (Wildman–Crippen LogP) is -1.52. The SMILES string of the molecule is CCN1C=C[CH-]B1c1ccccc1.[Li+]. The topological polar surface area (TPSA) is 3.24 Å². The molecule has 0 N–H and O–H groups in total. The summed E-state index contributed by atoms with van der Waals surface area (Å²) in [7, 11) is 0. The van der Waals surface area contributed by atoms with E-state index in [1.54, 1.807) is 0 Å². The minimum atomic E-state index is 0. The first kappa shape index (κ1) is 11.4. The van der Waals surface area contributed by atoms with Crippen LogP contribution in [0.15, 0.2) is 42.6 Å². The number of hydrogen-bond donors (Lipinski definition) is 0.